The van der Waals surface area contributed by atoms with Crippen LogP contribution >= 0.6 is 11.6 Å². The molecule has 1 aromatic heterocycles. The number of allylic oxidation sites excluding steroid dienone is 1. The molecule has 4 nitrogen and oxygen atoms in total. The third kappa shape index (κ3) is 4.67. The summed E-state index contributed by atoms with van der Waals surface area (Å²) >= 11 is 6.06. The molecule has 5 heteroatoms. The lowest BCUT2D eigenvalue weighted by atomic mass is 9.96. The van der Waals surface area contributed by atoms with Gasteiger partial charge >= 0.3 is 0 Å². The van der Waals surface area contributed by atoms with Gasteiger partial charge in [-0.1, -0.05) is 29.8 Å². The van der Waals surface area contributed by atoms with E-state index in [2.05, 4.69) is 11.4 Å². The lowest BCUT2D eigenvalue weighted by Gasteiger charge is -2.13. The molecule has 3 aromatic carbocycles. The van der Waals surface area contributed by atoms with E-state index in [0.717, 1.165) is 55.6 Å². The van der Waals surface area contributed by atoms with Gasteiger partial charge in [-0.25, -0.2) is 0 Å². The highest BCUT2D eigenvalue weighted by Gasteiger charge is 2.19. The van der Waals surface area contributed by atoms with Crippen LogP contribution in [-0.2, 0) is 4.79 Å². The van der Waals surface area contributed by atoms with Crippen LogP contribution in [0.3, 0.4) is 0 Å². The number of anilines is 1. The van der Waals surface area contributed by atoms with Crippen LogP contribution in [0.4, 0.5) is 5.69 Å². The molecule has 33 heavy (non-hydrogen) atoms. The van der Waals surface area contributed by atoms with Crippen LogP contribution in [0.25, 0.3) is 27.7 Å². The van der Waals surface area contributed by atoms with Gasteiger partial charge in [0.05, 0.1) is 13.4 Å². The summed E-state index contributed by atoms with van der Waals surface area (Å²) in [7, 11) is 1.63. The summed E-state index contributed by atoms with van der Waals surface area (Å²) in [4.78, 5) is 12.8. The highest BCUT2D eigenvalue weighted by atomic mass is 35.5. The molecular formula is C28H26ClNO3. The maximum absolute atomic E-state index is 12.8. The molecule has 4 rings (SSSR count). The maximum atomic E-state index is 12.8. The zero-order chi connectivity index (χ0) is 23.7. The third-order valence-electron chi connectivity index (χ3n) is 5.66. The van der Waals surface area contributed by atoms with Gasteiger partial charge < -0.3 is 14.5 Å². The quantitative estimate of drug-likeness (QED) is 0.310. The maximum Gasteiger partial charge on any atom is 0.248 e. The van der Waals surface area contributed by atoms with Crippen molar-refractivity contribution in [1.29, 1.82) is 0 Å². The van der Waals surface area contributed by atoms with E-state index in [9.17, 15) is 4.79 Å². The van der Waals surface area contributed by atoms with Crippen molar-refractivity contribution in [1.82, 2.24) is 0 Å². The summed E-state index contributed by atoms with van der Waals surface area (Å²) < 4.78 is 11.6. The first-order valence-electron chi connectivity index (χ1n) is 10.7. The van der Waals surface area contributed by atoms with Gasteiger partial charge in [0.25, 0.3) is 0 Å². The number of methoxy groups -OCH3 is 1. The number of aryl methyl sites for hydroxylation is 3. The minimum absolute atomic E-state index is 0.192. The predicted molar refractivity (Wildman–Crippen MR) is 136 cm³/mol. The Bertz CT molecular complexity index is 1360. The number of amides is 1. The molecule has 0 saturated carbocycles. The van der Waals surface area contributed by atoms with Gasteiger partial charge in [0, 0.05) is 38.9 Å². The van der Waals surface area contributed by atoms with Crippen LogP contribution in [0.1, 0.15) is 29.2 Å². The van der Waals surface area contributed by atoms with E-state index >= 15 is 0 Å². The van der Waals surface area contributed by atoms with Gasteiger partial charge in [-0.2, -0.15) is 0 Å². The molecule has 1 amide bonds. The average Bonchev–Trinajstić information content (AvgIpc) is 3.17. The Balaban J connectivity index is 1.75. The molecule has 4 aromatic rings. The van der Waals surface area contributed by atoms with Crippen molar-refractivity contribution in [3.8, 4) is 16.9 Å². The molecule has 0 aliphatic rings. The van der Waals surface area contributed by atoms with Crippen molar-refractivity contribution in [3.63, 3.8) is 0 Å². The number of halogens is 1. The van der Waals surface area contributed by atoms with E-state index in [1.165, 1.54) is 0 Å². The van der Waals surface area contributed by atoms with Crippen LogP contribution in [-0.4, -0.2) is 13.0 Å². The van der Waals surface area contributed by atoms with Gasteiger partial charge in [-0.15, -0.1) is 0 Å². The summed E-state index contributed by atoms with van der Waals surface area (Å²) in [6.45, 7) is 7.89. The summed E-state index contributed by atoms with van der Waals surface area (Å²) in [5.74, 6) is 0.495. The minimum atomic E-state index is -0.192. The van der Waals surface area contributed by atoms with E-state index in [0.29, 0.717) is 10.8 Å². The number of furan rings is 1. The fourth-order valence-corrected chi connectivity index (χ4v) is 4.35. The Labute approximate surface area is 198 Å². The molecule has 0 fully saturated rings. The third-order valence-corrected chi connectivity index (χ3v) is 5.92. The number of ether oxygens (including phenoxy) is 1. The molecule has 1 heterocycles. The molecule has 0 spiro atoms. The average molecular weight is 460 g/mol. The van der Waals surface area contributed by atoms with E-state index in [-0.39, 0.29) is 5.91 Å². The van der Waals surface area contributed by atoms with Crippen LogP contribution in [0.2, 0.25) is 5.02 Å². The number of benzene rings is 3. The SMILES string of the molecule is COc1c(/C(C)=C/C(=O)Nc2cc(C)cc(C)c2)cc2c(-c3ccc(Cl)cc3)coc2c1C. The highest BCUT2D eigenvalue weighted by molar-refractivity contribution is 6.30. The van der Waals surface area contributed by atoms with E-state index in [4.69, 9.17) is 20.8 Å². The molecular weight excluding hydrogens is 434 g/mol. The topological polar surface area (TPSA) is 51.5 Å². The first kappa shape index (κ1) is 22.7. The molecule has 168 valence electrons. The molecule has 0 aliphatic heterocycles. The zero-order valence-corrected chi connectivity index (χ0v) is 20.1. The molecule has 0 saturated heterocycles. The van der Waals surface area contributed by atoms with Gasteiger partial charge in [-0.05, 0) is 80.3 Å². The summed E-state index contributed by atoms with van der Waals surface area (Å²) in [6.07, 6.45) is 3.35. The molecule has 0 aliphatic carbocycles. The first-order valence-corrected chi connectivity index (χ1v) is 11.1. The van der Waals surface area contributed by atoms with Gasteiger partial charge in [0.2, 0.25) is 5.91 Å². The Morgan fingerprint density at radius 2 is 1.70 bits per heavy atom. The van der Waals surface area contributed by atoms with Crippen molar-refractivity contribution in [2.45, 2.75) is 27.7 Å². The Kier molecular flexibility index (Phi) is 6.30. The number of nitrogens with one attached hydrogen (secondary N) is 1. The largest absolute Gasteiger partial charge is 0.496 e. The zero-order valence-electron chi connectivity index (χ0n) is 19.4. The number of rotatable bonds is 5. The smallest absolute Gasteiger partial charge is 0.248 e. The lowest BCUT2D eigenvalue weighted by molar-refractivity contribution is -0.111. The van der Waals surface area contributed by atoms with Crippen molar-refractivity contribution in [3.05, 3.63) is 88.1 Å². The van der Waals surface area contributed by atoms with Crippen LogP contribution in [0.5, 0.6) is 5.75 Å². The van der Waals surface area contributed by atoms with Crippen molar-refractivity contribution in [2.75, 3.05) is 12.4 Å². The van der Waals surface area contributed by atoms with Crippen molar-refractivity contribution < 1.29 is 13.9 Å². The number of carbonyl (C=O) groups is 1. The lowest BCUT2D eigenvalue weighted by Crippen LogP contribution is -2.09. The van der Waals surface area contributed by atoms with Gasteiger partial charge in [-0.3, -0.25) is 4.79 Å². The Morgan fingerprint density at radius 3 is 2.33 bits per heavy atom. The summed E-state index contributed by atoms with van der Waals surface area (Å²) in [5, 5.41) is 4.60. The number of fused-ring (bicyclic) bond motifs is 1. The molecule has 0 bridgehead atoms. The molecule has 0 unspecified atom stereocenters. The van der Waals surface area contributed by atoms with Crippen LogP contribution in [0.15, 0.2) is 65.3 Å². The minimum Gasteiger partial charge on any atom is -0.496 e. The standard InChI is InChI=1S/C28H26ClNO3/c1-16-10-17(2)12-22(11-16)30-26(31)13-18(3)23-14-24-25(20-6-8-21(29)9-7-20)15-33-28(24)19(4)27(23)32-5/h6-15H,1-5H3,(H,30,31)/b18-13+. The summed E-state index contributed by atoms with van der Waals surface area (Å²) in [6, 6.07) is 15.6. The summed E-state index contributed by atoms with van der Waals surface area (Å²) in [5.41, 5.74) is 8.22. The normalized spacial score (nSPS) is 11.6. The van der Waals surface area contributed by atoms with Crippen LogP contribution < -0.4 is 10.1 Å². The second-order valence-electron chi connectivity index (χ2n) is 8.31. The fraction of sp³-hybridized carbons (Fsp3) is 0.179. The van der Waals surface area contributed by atoms with E-state index in [1.54, 1.807) is 19.4 Å². The first-order chi connectivity index (χ1) is 15.8. The Hall–Kier alpha value is -3.50. The van der Waals surface area contributed by atoms with Gasteiger partial charge in [0.1, 0.15) is 11.3 Å². The number of hydrogen-bond donors (Lipinski definition) is 1. The van der Waals surface area contributed by atoms with E-state index < -0.39 is 0 Å². The monoisotopic (exact) mass is 459 g/mol. The van der Waals surface area contributed by atoms with E-state index in [1.807, 2.05) is 70.2 Å². The molecule has 0 atom stereocenters. The molecule has 1 N–H and O–H groups in total. The molecule has 0 radical (unpaired) electrons. The number of hydrogen-bond acceptors (Lipinski definition) is 3. The predicted octanol–water partition coefficient (Wildman–Crippen LogP) is 7.73. The number of carbonyl (C=O) groups excluding carboxylic acids is 1. The van der Waals surface area contributed by atoms with Crippen molar-refractivity contribution in [2.24, 2.45) is 0 Å². The second kappa shape index (κ2) is 9.16. The Morgan fingerprint density at radius 1 is 1.03 bits per heavy atom. The fourth-order valence-electron chi connectivity index (χ4n) is 4.22. The van der Waals surface area contributed by atoms with Gasteiger partial charge in [0.15, 0.2) is 0 Å². The highest BCUT2D eigenvalue weighted by Crippen LogP contribution is 2.40. The second-order valence-corrected chi connectivity index (χ2v) is 8.74. The van der Waals surface area contributed by atoms with Crippen LogP contribution in [0, 0.1) is 20.8 Å². The van der Waals surface area contributed by atoms with Crippen molar-refractivity contribution >= 4 is 39.7 Å².